The first-order chi connectivity index (χ1) is 12.6. The van der Waals surface area contributed by atoms with Crippen LogP contribution in [-0.4, -0.2) is 29.4 Å². The van der Waals surface area contributed by atoms with Gasteiger partial charge in [-0.2, -0.15) is 0 Å². The number of carbonyl (C=O) groups is 3. The van der Waals surface area contributed by atoms with Gasteiger partial charge in [-0.25, -0.2) is 4.79 Å². The second kappa shape index (κ2) is 8.35. The first kappa shape index (κ1) is 20.6. The highest BCUT2D eigenvalue weighted by molar-refractivity contribution is 7.14. The quantitative estimate of drug-likeness (QED) is 0.583. The molecule has 2 N–H and O–H groups in total. The standard InChI is InChI=1S/C20H23NO5S/c1-12-5-7-14(15(22)9-12)18(24)26-11-16(23)17-8-6-13(27-17)10-21-19(25)20(2,3)4/h5-9,22H,10-11H2,1-4H3,(H,21,25). The fourth-order valence-electron chi connectivity index (χ4n) is 2.15. The van der Waals surface area contributed by atoms with E-state index in [1.165, 1.54) is 23.5 Å². The molecule has 0 unspecified atom stereocenters. The van der Waals surface area contributed by atoms with Crippen LogP contribution in [0, 0.1) is 12.3 Å². The third-order valence-corrected chi connectivity index (χ3v) is 4.87. The summed E-state index contributed by atoms with van der Waals surface area (Å²) in [5.41, 5.74) is 0.348. The molecule has 7 heteroatoms. The summed E-state index contributed by atoms with van der Waals surface area (Å²) in [5.74, 6) is -1.35. The maximum atomic E-state index is 12.2. The molecule has 1 aromatic heterocycles. The number of hydrogen-bond acceptors (Lipinski definition) is 6. The zero-order valence-electron chi connectivity index (χ0n) is 15.8. The SMILES string of the molecule is Cc1ccc(C(=O)OCC(=O)c2ccc(CNC(=O)C(C)(C)C)s2)c(O)c1. The molecule has 27 heavy (non-hydrogen) atoms. The van der Waals surface area contributed by atoms with Crippen LogP contribution >= 0.6 is 11.3 Å². The van der Waals surface area contributed by atoms with E-state index >= 15 is 0 Å². The Kier molecular flexibility index (Phi) is 6.38. The molecule has 0 aliphatic carbocycles. The van der Waals surface area contributed by atoms with Gasteiger partial charge in [-0.3, -0.25) is 9.59 Å². The van der Waals surface area contributed by atoms with Crippen molar-refractivity contribution >= 4 is 29.0 Å². The largest absolute Gasteiger partial charge is 0.507 e. The lowest BCUT2D eigenvalue weighted by Gasteiger charge is -2.17. The second-order valence-corrected chi connectivity index (χ2v) is 8.39. The van der Waals surface area contributed by atoms with Crippen molar-refractivity contribution in [3.05, 3.63) is 51.2 Å². The summed E-state index contributed by atoms with van der Waals surface area (Å²) in [4.78, 5) is 37.4. The van der Waals surface area contributed by atoms with Crippen LogP contribution in [0.4, 0.5) is 0 Å². The van der Waals surface area contributed by atoms with Gasteiger partial charge in [0.15, 0.2) is 6.61 Å². The zero-order chi connectivity index (χ0) is 20.2. The lowest BCUT2D eigenvalue weighted by Crippen LogP contribution is -2.34. The molecule has 2 rings (SSSR count). The summed E-state index contributed by atoms with van der Waals surface area (Å²) in [6, 6.07) is 7.99. The summed E-state index contributed by atoms with van der Waals surface area (Å²) in [6.45, 7) is 7.19. The van der Waals surface area contributed by atoms with Crippen molar-refractivity contribution in [1.82, 2.24) is 5.32 Å². The van der Waals surface area contributed by atoms with Crippen LogP contribution in [0.3, 0.4) is 0 Å². The number of thiophene rings is 1. The molecule has 0 saturated heterocycles. The summed E-state index contributed by atoms with van der Waals surface area (Å²) in [5, 5.41) is 12.6. The number of phenolic OH excluding ortho intramolecular Hbond substituents is 1. The van der Waals surface area contributed by atoms with Gasteiger partial charge in [0, 0.05) is 10.3 Å². The number of aromatic hydroxyl groups is 1. The normalized spacial score (nSPS) is 11.1. The Morgan fingerprint density at radius 1 is 1.15 bits per heavy atom. The maximum absolute atomic E-state index is 12.2. The highest BCUT2D eigenvalue weighted by Gasteiger charge is 2.21. The molecule has 0 aliphatic rings. The molecule has 0 fully saturated rings. The second-order valence-electron chi connectivity index (χ2n) is 7.22. The number of hydrogen-bond donors (Lipinski definition) is 2. The van der Waals surface area contributed by atoms with Crippen molar-refractivity contribution in [2.75, 3.05) is 6.61 Å². The van der Waals surface area contributed by atoms with Crippen molar-refractivity contribution in [3.63, 3.8) is 0 Å². The van der Waals surface area contributed by atoms with Crippen LogP contribution in [0.5, 0.6) is 5.75 Å². The van der Waals surface area contributed by atoms with E-state index in [-0.39, 0.29) is 23.0 Å². The van der Waals surface area contributed by atoms with E-state index in [2.05, 4.69) is 5.32 Å². The third-order valence-electron chi connectivity index (χ3n) is 3.75. The van der Waals surface area contributed by atoms with E-state index in [1.54, 1.807) is 25.1 Å². The van der Waals surface area contributed by atoms with Crippen LogP contribution in [0.2, 0.25) is 0 Å². The average Bonchev–Trinajstić information content (AvgIpc) is 3.05. The van der Waals surface area contributed by atoms with Gasteiger partial charge in [0.05, 0.1) is 11.4 Å². The van der Waals surface area contributed by atoms with Gasteiger partial charge in [0.2, 0.25) is 11.7 Å². The number of nitrogens with one attached hydrogen (secondary N) is 1. The highest BCUT2D eigenvalue weighted by atomic mass is 32.1. The minimum Gasteiger partial charge on any atom is -0.507 e. The molecule has 6 nitrogen and oxygen atoms in total. The summed E-state index contributed by atoms with van der Waals surface area (Å²) in [6.07, 6.45) is 0. The molecule has 0 saturated carbocycles. The molecule has 1 heterocycles. The minimum absolute atomic E-state index is 0.0187. The maximum Gasteiger partial charge on any atom is 0.342 e. The van der Waals surface area contributed by atoms with Crippen LogP contribution in [0.15, 0.2) is 30.3 Å². The lowest BCUT2D eigenvalue weighted by atomic mass is 9.96. The van der Waals surface area contributed by atoms with Crippen LogP contribution in [-0.2, 0) is 16.1 Å². The van der Waals surface area contributed by atoms with Gasteiger partial charge in [-0.05, 0) is 36.8 Å². The molecule has 0 spiro atoms. The van der Waals surface area contributed by atoms with Gasteiger partial charge in [0.1, 0.15) is 11.3 Å². The smallest absolute Gasteiger partial charge is 0.342 e. The monoisotopic (exact) mass is 389 g/mol. The summed E-state index contributed by atoms with van der Waals surface area (Å²) < 4.78 is 5.01. The first-order valence-electron chi connectivity index (χ1n) is 8.45. The van der Waals surface area contributed by atoms with Crippen molar-refractivity contribution < 1.29 is 24.2 Å². The van der Waals surface area contributed by atoms with Gasteiger partial charge in [0.25, 0.3) is 0 Å². The fraction of sp³-hybridized carbons (Fsp3) is 0.350. The van der Waals surface area contributed by atoms with Crippen molar-refractivity contribution in [2.24, 2.45) is 5.41 Å². The lowest BCUT2D eigenvalue weighted by molar-refractivity contribution is -0.128. The number of phenols is 1. The molecule has 1 amide bonds. The Labute approximate surface area is 162 Å². The molecular weight excluding hydrogens is 366 g/mol. The number of ketones is 1. The third kappa shape index (κ3) is 5.65. The van der Waals surface area contributed by atoms with E-state index in [0.717, 1.165) is 10.4 Å². The highest BCUT2D eigenvalue weighted by Crippen LogP contribution is 2.21. The zero-order valence-corrected chi connectivity index (χ0v) is 16.6. The molecule has 2 aromatic rings. The van der Waals surface area contributed by atoms with Gasteiger partial charge in [-0.1, -0.05) is 26.8 Å². The first-order valence-corrected chi connectivity index (χ1v) is 9.26. The average molecular weight is 389 g/mol. The van der Waals surface area contributed by atoms with Gasteiger partial charge in [-0.15, -0.1) is 11.3 Å². The van der Waals surface area contributed by atoms with Crippen molar-refractivity contribution in [1.29, 1.82) is 0 Å². The predicted molar refractivity (Wildman–Crippen MR) is 103 cm³/mol. The molecule has 0 aliphatic heterocycles. The van der Waals surface area contributed by atoms with E-state index in [0.29, 0.717) is 11.4 Å². The Morgan fingerprint density at radius 3 is 2.48 bits per heavy atom. The number of Topliss-reactive ketones (excluding diaryl/α,β-unsaturated/α-hetero) is 1. The number of benzene rings is 1. The molecule has 1 aromatic carbocycles. The van der Waals surface area contributed by atoms with Crippen LogP contribution in [0.1, 0.15) is 51.2 Å². The Balaban J connectivity index is 1.90. The number of aryl methyl sites for hydroxylation is 1. The number of amides is 1. The van der Waals surface area contributed by atoms with Crippen LogP contribution in [0.25, 0.3) is 0 Å². The molecule has 0 radical (unpaired) electrons. The number of esters is 1. The number of carbonyl (C=O) groups excluding carboxylic acids is 3. The predicted octanol–water partition coefficient (Wildman–Crippen LogP) is 3.46. The summed E-state index contributed by atoms with van der Waals surface area (Å²) >= 11 is 1.24. The van der Waals surface area contributed by atoms with Gasteiger partial charge >= 0.3 is 5.97 Å². The van der Waals surface area contributed by atoms with E-state index < -0.39 is 18.0 Å². The number of ether oxygens (including phenoxy) is 1. The topological polar surface area (TPSA) is 92.7 Å². The van der Waals surface area contributed by atoms with Crippen LogP contribution < -0.4 is 5.32 Å². The van der Waals surface area contributed by atoms with Gasteiger partial charge < -0.3 is 15.2 Å². The minimum atomic E-state index is -0.755. The number of rotatable bonds is 6. The van der Waals surface area contributed by atoms with E-state index in [1.807, 2.05) is 20.8 Å². The summed E-state index contributed by atoms with van der Waals surface area (Å²) in [7, 11) is 0. The van der Waals surface area contributed by atoms with E-state index in [4.69, 9.17) is 4.74 Å². The van der Waals surface area contributed by atoms with Crippen molar-refractivity contribution in [3.8, 4) is 5.75 Å². The molecular formula is C20H23NO5S. The molecule has 0 bridgehead atoms. The Hall–Kier alpha value is -2.67. The molecule has 144 valence electrons. The van der Waals surface area contributed by atoms with Crippen molar-refractivity contribution in [2.45, 2.75) is 34.2 Å². The molecule has 0 atom stereocenters. The Bertz CT molecular complexity index is 863. The fourth-order valence-corrected chi connectivity index (χ4v) is 3.02. The Morgan fingerprint density at radius 2 is 1.85 bits per heavy atom. The van der Waals surface area contributed by atoms with E-state index in [9.17, 15) is 19.5 Å².